The van der Waals surface area contributed by atoms with Crippen LogP contribution in [0.3, 0.4) is 0 Å². The fourth-order valence-electron chi connectivity index (χ4n) is 3.52. The van der Waals surface area contributed by atoms with Crippen molar-refractivity contribution in [2.24, 2.45) is 5.92 Å². The Balaban J connectivity index is 1.44. The van der Waals surface area contributed by atoms with Crippen molar-refractivity contribution in [3.05, 3.63) is 24.0 Å². The van der Waals surface area contributed by atoms with Gasteiger partial charge in [0.15, 0.2) is 0 Å². The van der Waals surface area contributed by atoms with Crippen LogP contribution in [0.2, 0.25) is 0 Å². The number of rotatable bonds is 5. The van der Waals surface area contributed by atoms with Gasteiger partial charge in [-0.25, -0.2) is 0 Å². The molecule has 0 bridgehead atoms. The molecule has 2 fully saturated rings. The maximum absolute atomic E-state index is 5.97. The van der Waals surface area contributed by atoms with Gasteiger partial charge < -0.3 is 14.4 Å². The number of likely N-dealkylation sites (tertiary alicyclic amines) is 1. The maximum Gasteiger partial charge on any atom is 0.122 e. The second-order valence-corrected chi connectivity index (χ2v) is 6.70. The topological polar surface area (TPSA) is 34.6 Å². The Morgan fingerprint density at radius 1 is 1.32 bits per heavy atom. The highest BCUT2D eigenvalue weighted by molar-refractivity contribution is 5.21. The second-order valence-electron chi connectivity index (χ2n) is 6.70. The first-order valence-corrected chi connectivity index (χ1v) is 8.69. The van der Waals surface area contributed by atoms with Crippen LogP contribution in [0.25, 0.3) is 0 Å². The summed E-state index contributed by atoms with van der Waals surface area (Å²) in [7, 11) is 0. The average Bonchev–Trinajstić information content (AvgIpc) is 2.54. The fraction of sp³-hybridized carbons (Fsp3) is 0.722. The molecule has 1 aromatic heterocycles. The van der Waals surface area contributed by atoms with Crippen LogP contribution in [-0.4, -0.2) is 48.8 Å². The smallest absolute Gasteiger partial charge is 0.122 e. The number of piperidine rings is 1. The van der Waals surface area contributed by atoms with Crippen LogP contribution in [0.4, 0.5) is 0 Å². The molecular formula is C18H28N2O2. The number of pyridine rings is 1. The molecule has 4 nitrogen and oxygen atoms in total. The molecular weight excluding hydrogens is 276 g/mol. The monoisotopic (exact) mass is 304 g/mol. The van der Waals surface area contributed by atoms with Crippen molar-refractivity contribution in [2.45, 2.75) is 45.1 Å². The molecule has 2 atom stereocenters. The van der Waals surface area contributed by atoms with Crippen molar-refractivity contribution in [1.29, 1.82) is 0 Å². The van der Waals surface area contributed by atoms with E-state index >= 15 is 0 Å². The first kappa shape index (κ1) is 15.8. The third-order valence-electron chi connectivity index (χ3n) is 4.69. The summed E-state index contributed by atoms with van der Waals surface area (Å²) in [5.74, 6) is 1.58. The molecule has 0 aromatic carbocycles. The van der Waals surface area contributed by atoms with Crippen LogP contribution < -0.4 is 4.74 Å². The predicted molar refractivity (Wildman–Crippen MR) is 87.2 cm³/mol. The van der Waals surface area contributed by atoms with Gasteiger partial charge >= 0.3 is 0 Å². The van der Waals surface area contributed by atoms with Crippen molar-refractivity contribution in [3.63, 3.8) is 0 Å². The summed E-state index contributed by atoms with van der Waals surface area (Å²) in [6.45, 7) is 7.22. The zero-order valence-corrected chi connectivity index (χ0v) is 13.7. The van der Waals surface area contributed by atoms with E-state index in [0.29, 0.717) is 12.0 Å². The third kappa shape index (κ3) is 4.68. The Morgan fingerprint density at radius 2 is 2.27 bits per heavy atom. The Morgan fingerprint density at radius 3 is 3.09 bits per heavy atom. The summed E-state index contributed by atoms with van der Waals surface area (Å²) < 4.78 is 11.8. The van der Waals surface area contributed by atoms with Gasteiger partial charge in [-0.1, -0.05) is 0 Å². The lowest BCUT2D eigenvalue weighted by atomic mass is 9.98. The molecule has 0 spiro atoms. The van der Waals surface area contributed by atoms with Crippen LogP contribution in [0, 0.1) is 12.8 Å². The molecule has 2 unspecified atom stereocenters. The van der Waals surface area contributed by atoms with Gasteiger partial charge in [-0.05, 0) is 51.6 Å². The molecule has 2 aliphatic rings. The van der Waals surface area contributed by atoms with E-state index in [2.05, 4.69) is 9.88 Å². The van der Waals surface area contributed by atoms with Gasteiger partial charge in [-0.2, -0.15) is 0 Å². The average molecular weight is 304 g/mol. The quantitative estimate of drug-likeness (QED) is 0.837. The summed E-state index contributed by atoms with van der Waals surface area (Å²) in [5.41, 5.74) is 1.01. The van der Waals surface area contributed by atoms with E-state index in [1.54, 1.807) is 0 Å². The molecule has 0 radical (unpaired) electrons. The van der Waals surface area contributed by atoms with Crippen molar-refractivity contribution in [2.75, 3.05) is 32.8 Å². The van der Waals surface area contributed by atoms with E-state index in [0.717, 1.165) is 37.7 Å². The normalized spacial score (nSPS) is 26.8. The molecule has 1 aromatic rings. The molecule has 0 N–H and O–H groups in total. The van der Waals surface area contributed by atoms with E-state index in [-0.39, 0.29) is 0 Å². The Kier molecular flexibility index (Phi) is 5.68. The maximum atomic E-state index is 5.97. The van der Waals surface area contributed by atoms with E-state index in [1.165, 1.54) is 38.6 Å². The number of ether oxygens (including phenoxy) is 2. The Labute approximate surface area is 133 Å². The van der Waals surface area contributed by atoms with Crippen molar-refractivity contribution in [1.82, 2.24) is 9.88 Å². The number of hydrogen-bond donors (Lipinski definition) is 0. The highest BCUT2D eigenvalue weighted by Crippen LogP contribution is 2.21. The lowest BCUT2D eigenvalue weighted by Crippen LogP contribution is -2.43. The molecule has 2 aliphatic heterocycles. The lowest BCUT2D eigenvalue weighted by Gasteiger charge is -2.35. The van der Waals surface area contributed by atoms with Crippen LogP contribution in [0.15, 0.2) is 18.3 Å². The zero-order chi connectivity index (χ0) is 15.2. The van der Waals surface area contributed by atoms with E-state index in [1.807, 2.05) is 25.3 Å². The summed E-state index contributed by atoms with van der Waals surface area (Å²) >= 11 is 0. The van der Waals surface area contributed by atoms with Gasteiger partial charge in [0.05, 0.1) is 12.7 Å². The largest absolute Gasteiger partial charge is 0.493 e. The number of aromatic nitrogens is 1. The Bertz CT molecular complexity index is 460. The second kappa shape index (κ2) is 7.93. The molecule has 0 saturated carbocycles. The van der Waals surface area contributed by atoms with Gasteiger partial charge in [0.1, 0.15) is 5.75 Å². The van der Waals surface area contributed by atoms with Crippen molar-refractivity contribution < 1.29 is 9.47 Å². The predicted octanol–water partition coefficient (Wildman–Crippen LogP) is 3.05. The van der Waals surface area contributed by atoms with Crippen molar-refractivity contribution >= 4 is 0 Å². The highest BCUT2D eigenvalue weighted by Gasteiger charge is 2.24. The number of nitrogens with zero attached hydrogens (tertiary/aromatic N) is 2. The standard InChI is InChI=1S/C18H28N2O2/c1-15-11-17(7-8-19-15)22-14-16-5-4-9-20(12-16)13-18-6-2-3-10-21-18/h7-8,11,16,18H,2-6,9-10,12-14H2,1H3. The summed E-state index contributed by atoms with van der Waals surface area (Å²) in [4.78, 5) is 6.78. The van der Waals surface area contributed by atoms with E-state index < -0.39 is 0 Å². The molecule has 122 valence electrons. The zero-order valence-electron chi connectivity index (χ0n) is 13.7. The molecule has 3 rings (SSSR count). The summed E-state index contributed by atoms with van der Waals surface area (Å²) in [6, 6.07) is 3.96. The van der Waals surface area contributed by atoms with Crippen LogP contribution in [0.5, 0.6) is 5.75 Å². The van der Waals surface area contributed by atoms with Gasteiger partial charge in [-0.3, -0.25) is 4.98 Å². The van der Waals surface area contributed by atoms with Crippen molar-refractivity contribution in [3.8, 4) is 5.75 Å². The van der Waals surface area contributed by atoms with Gasteiger partial charge in [0.25, 0.3) is 0 Å². The van der Waals surface area contributed by atoms with E-state index in [4.69, 9.17) is 9.47 Å². The van der Waals surface area contributed by atoms with Gasteiger partial charge in [0.2, 0.25) is 0 Å². The summed E-state index contributed by atoms with van der Waals surface area (Å²) in [6.07, 6.45) is 8.61. The molecule has 0 amide bonds. The van der Waals surface area contributed by atoms with Crippen LogP contribution in [0.1, 0.15) is 37.8 Å². The summed E-state index contributed by atoms with van der Waals surface area (Å²) in [5, 5.41) is 0. The fourth-order valence-corrected chi connectivity index (χ4v) is 3.52. The first-order valence-electron chi connectivity index (χ1n) is 8.69. The number of hydrogen-bond acceptors (Lipinski definition) is 4. The third-order valence-corrected chi connectivity index (χ3v) is 4.69. The molecule has 0 aliphatic carbocycles. The minimum atomic E-state index is 0.455. The van der Waals surface area contributed by atoms with Gasteiger partial charge in [-0.15, -0.1) is 0 Å². The minimum Gasteiger partial charge on any atom is -0.493 e. The lowest BCUT2D eigenvalue weighted by molar-refractivity contribution is -0.0147. The van der Waals surface area contributed by atoms with Gasteiger partial charge in [0, 0.05) is 43.6 Å². The van der Waals surface area contributed by atoms with Crippen LogP contribution in [-0.2, 0) is 4.74 Å². The first-order chi connectivity index (χ1) is 10.8. The SMILES string of the molecule is Cc1cc(OCC2CCCN(CC3CCCCO3)C2)ccn1. The molecule has 4 heteroatoms. The Hall–Kier alpha value is -1.13. The van der Waals surface area contributed by atoms with Crippen LogP contribution >= 0.6 is 0 Å². The van der Waals surface area contributed by atoms with E-state index in [9.17, 15) is 0 Å². The molecule has 3 heterocycles. The number of aryl methyl sites for hydroxylation is 1. The molecule has 2 saturated heterocycles. The minimum absolute atomic E-state index is 0.455. The molecule has 22 heavy (non-hydrogen) atoms. The highest BCUT2D eigenvalue weighted by atomic mass is 16.5.